The van der Waals surface area contributed by atoms with E-state index in [1.807, 2.05) is 49.3 Å². The Morgan fingerprint density at radius 3 is 2.15 bits per heavy atom. The van der Waals surface area contributed by atoms with Crippen LogP contribution in [0.25, 0.3) is 0 Å². The average Bonchev–Trinajstić information content (AvgIpc) is 3.55. The summed E-state index contributed by atoms with van der Waals surface area (Å²) in [7, 11) is 5.32. The molecule has 1 saturated carbocycles. The summed E-state index contributed by atoms with van der Waals surface area (Å²) < 4.78 is 19.6. The van der Waals surface area contributed by atoms with Crippen LogP contribution in [0.2, 0.25) is 5.02 Å². The molecule has 0 spiro atoms. The van der Waals surface area contributed by atoms with Crippen molar-refractivity contribution in [3.8, 4) is 11.5 Å². The van der Waals surface area contributed by atoms with E-state index in [9.17, 15) is 28.7 Å². The van der Waals surface area contributed by atoms with E-state index in [1.165, 1.54) is 24.1 Å². The predicted octanol–water partition coefficient (Wildman–Crippen LogP) is 8.11. The lowest BCUT2D eigenvalue weighted by molar-refractivity contribution is -0.131. The maximum atomic E-state index is 14.6. The number of ether oxygens (including phenoxy) is 1. The maximum Gasteiger partial charge on any atom is 0.241 e. The number of nitrogens with zero attached hydrogens (tertiary/aromatic N) is 5. The first-order chi connectivity index (χ1) is 26.3. The molecule has 280 valence electrons. The Hall–Kier alpha value is -5.88. The second kappa shape index (κ2) is 13.5. The van der Waals surface area contributed by atoms with Gasteiger partial charge in [0, 0.05) is 31.3 Å². The Bertz CT molecular complexity index is 2330. The number of benzene rings is 4. The molecule has 6 atom stereocenters. The predicted molar refractivity (Wildman–Crippen MR) is 205 cm³/mol. The third-order valence-electron chi connectivity index (χ3n) is 11.8. The van der Waals surface area contributed by atoms with Crippen LogP contribution in [0.15, 0.2) is 107 Å². The van der Waals surface area contributed by atoms with Gasteiger partial charge in [-0.15, -0.1) is 0 Å². The number of imide groups is 2. The minimum atomic E-state index is -1.43. The zero-order chi connectivity index (χ0) is 38.9. The highest BCUT2D eigenvalue weighted by molar-refractivity contribution is 6.32. The number of azo groups is 1. The van der Waals surface area contributed by atoms with Gasteiger partial charge in [-0.3, -0.25) is 24.1 Å². The number of carbonyl (C=O) groups excluding carboxylic acids is 4. The molecule has 2 aliphatic heterocycles. The van der Waals surface area contributed by atoms with Crippen molar-refractivity contribution in [2.24, 2.45) is 39.3 Å². The third kappa shape index (κ3) is 5.61. The molecule has 4 amide bonds. The minimum absolute atomic E-state index is 0.0996. The van der Waals surface area contributed by atoms with Crippen LogP contribution in [0.4, 0.5) is 32.8 Å². The number of amides is 4. The monoisotopic (exact) mass is 761 g/mol. The van der Waals surface area contributed by atoms with Gasteiger partial charge in [-0.2, -0.15) is 10.2 Å². The Kier molecular flexibility index (Phi) is 8.83. The number of methoxy groups -OCH3 is 1. The Morgan fingerprint density at radius 2 is 1.51 bits per heavy atom. The van der Waals surface area contributed by atoms with Crippen molar-refractivity contribution in [1.82, 2.24) is 0 Å². The van der Waals surface area contributed by atoms with E-state index < -0.39 is 58.5 Å². The fourth-order valence-electron chi connectivity index (χ4n) is 9.02. The van der Waals surface area contributed by atoms with Crippen molar-refractivity contribution in [3.05, 3.63) is 113 Å². The lowest BCUT2D eigenvalue weighted by Gasteiger charge is -2.49. The third-order valence-corrected chi connectivity index (χ3v) is 12.0. The largest absolute Gasteiger partial charge is 0.504 e. The minimum Gasteiger partial charge on any atom is -0.504 e. The quantitative estimate of drug-likeness (QED) is 0.114. The Morgan fingerprint density at radius 1 is 0.855 bits per heavy atom. The molecule has 0 unspecified atom stereocenters. The van der Waals surface area contributed by atoms with Crippen LogP contribution < -0.4 is 19.4 Å². The van der Waals surface area contributed by atoms with E-state index in [-0.39, 0.29) is 41.0 Å². The number of phenols is 1. The number of carbonyl (C=O) groups is 4. The normalized spacial score (nSPS) is 25.9. The Balaban J connectivity index is 1.14. The summed E-state index contributed by atoms with van der Waals surface area (Å²) in [6.45, 7) is 1.70. The summed E-state index contributed by atoms with van der Waals surface area (Å²) in [4.78, 5) is 61.9. The standard InChI is InChI=1S/C42H37ClFN5O6/c1-42-31(39(52)49(41(42)54)26-16-19-33(44)32(43)20-26)21-30-27(36(42)29-6-5-7-34(55-4)37(29)50)17-18-28-35(30)40(53)48(38(28)51)25-14-10-23(11-15-25)46-45-22-8-12-24(13-9-22)47(2)3/h5-17,19-20,28,30-31,35-36,50H,18,21H2,1-4H3/t28-,30+,31-,35-,36+,42+/m0/s1. The molecule has 55 heavy (non-hydrogen) atoms. The molecule has 3 fully saturated rings. The maximum absolute atomic E-state index is 14.6. The van der Waals surface area contributed by atoms with Crippen molar-refractivity contribution < 1.29 is 33.4 Å². The molecule has 0 radical (unpaired) electrons. The van der Waals surface area contributed by atoms with Crippen LogP contribution in [-0.2, 0) is 19.2 Å². The van der Waals surface area contributed by atoms with Gasteiger partial charge >= 0.3 is 0 Å². The molecule has 2 saturated heterocycles. The molecule has 4 aliphatic rings. The van der Waals surface area contributed by atoms with E-state index in [1.54, 1.807) is 49.4 Å². The van der Waals surface area contributed by atoms with Crippen LogP contribution in [0, 0.1) is 34.9 Å². The van der Waals surface area contributed by atoms with Gasteiger partial charge in [0.15, 0.2) is 11.5 Å². The Labute approximate surface area is 321 Å². The summed E-state index contributed by atoms with van der Waals surface area (Å²) >= 11 is 6.11. The molecule has 8 rings (SSSR count). The second-order valence-corrected chi connectivity index (χ2v) is 15.2. The number of aromatic hydroxyl groups is 1. The van der Waals surface area contributed by atoms with Crippen molar-refractivity contribution in [2.45, 2.75) is 25.7 Å². The van der Waals surface area contributed by atoms with Crippen LogP contribution in [0.5, 0.6) is 11.5 Å². The van der Waals surface area contributed by atoms with Gasteiger partial charge in [-0.1, -0.05) is 35.4 Å². The highest BCUT2D eigenvalue weighted by Gasteiger charge is 2.68. The van der Waals surface area contributed by atoms with Crippen molar-refractivity contribution in [3.63, 3.8) is 0 Å². The van der Waals surface area contributed by atoms with Crippen LogP contribution in [-0.4, -0.2) is 49.9 Å². The van der Waals surface area contributed by atoms with Gasteiger partial charge in [0.2, 0.25) is 23.6 Å². The molecule has 2 heterocycles. The van der Waals surface area contributed by atoms with Gasteiger partial charge in [-0.05, 0) is 98.5 Å². The summed E-state index contributed by atoms with van der Waals surface area (Å²) in [6, 6.07) is 22.9. The van der Waals surface area contributed by atoms with E-state index in [2.05, 4.69) is 10.2 Å². The summed E-state index contributed by atoms with van der Waals surface area (Å²) in [5.41, 5.74) is 2.35. The van der Waals surface area contributed by atoms with Crippen LogP contribution >= 0.6 is 11.6 Å². The molecule has 2 aliphatic carbocycles. The molecule has 11 nitrogen and oxygen atoms in total. The lowest BCUT2D eigenvalue weighted by Crippen LogP contribution is -2.48. The first-order valence-electron chi connectivity index (χ1n) is 17.9. The molecule has 0 bridgehead atoms. The molecule has 13 heteroatoms. The van der Waals surface area contributed by atoms with E-state index in [4.69, 9.17) is 16.3 Å². The number of anilines is 3. The van der Waals surface area contributed by atoms with E-state index in [0.717, 1.165) is 16.7 Å². The highest BCUT2D eigenvalue weighted by atomic mass is 35.5. The van der Waals surface area contributed by atoms with Crippen LogP contribution in [0.1, 0.15) is 31.2 Å². The summed E-state index contributed by atoms with van der Waals surface area (Å²) in [5, 5.41) is 19.9. The first-order valence-corrected chi connectivity index (χ1v) is 18.3. The molecular formula is C42H37ClFN5O6. The number of para-hydroxylation sites is 1. The zero-order valence-electron chi connectivity index (χ0n) is 30.4. The van der Waals surface area contributed by atoms with Crippen LogP contribution in [0.3, 0.4) is 0 Å². The summed E-state index contributed by atoms with van der Waals surface area (Å²) in [6.07, 6.45) is 2.22. The second-order valence-electron chi connectivity index (χ2n) is 14.8. The molecule has 1 N–H and O–H groups in total. The molecule has 4 aromatic carbocycles. The molecular weight excluding hydrogens is 725 g/mol. The van der Waals surface area contributed by atoms with Gasteiger partial charge in [-0.25, -0.2) is 9.29 Å². The van der Waals surface area contributed by atoms with Crippen molar-refractivity contribution in [1.29, 1.82) is 0 Å². The molecule has 4 aromatic rings. The van der Waals surface area contributed by atoms with Gasteiger partial charge in [0.25, 0.3) is 0 Å². The zero-order valence-corrected chi connectivity index (χ0v) is 31.2. The number of fused-ring (bicyclic) bond motifs is 4. The number of phenolic OH excluding ortho intramolecular Hbond substituents is 1. The number of allylic oxidation sites excluding steroid dienone is 2. The molecule has 0 aromatic heterocycles. The highest BCUT2D eigenvalue weighted by Crippen LogP contribution is 2.65. The van der Waals surface area contributed by atoms with Gasteiger partial charge in [0.1, 0.15) is 5.82 Å². The topological polar surface area (TPSA) is 132 Å². The fourth-order valence-corrected chi connectivity index (χ4v) is 9.20. The first kappa shape index (κ1) is 36.1. The van der Waals surface area contributed by atoms with E-state index in [0.29, 0.717) is 28.2 Å². The van der Waals surface area contributed by atoms with Gasteiger partial charge in [0.05, 0.1) is 58.1 Å². The summed E-state index contributed by atoms with van der Waals surface area (Å²) in [5.74, 6) is -6.52. The average molecular weight is 762 g/mol. The number of hydrogen-bond donors (Lipinski definition) is 1. The number of hydrogen-bond acceptors (Lipinski definition) is 9. The number of halogens is 2. The van der Waals surface area contributed by atoms with Gasteiger partial charge < -0.3 is 14.7 Å². The fraction of sp³-hybridized carbons (Fsp3) is 0.286. The van der Waals surface area contributed by atoms with Crippen molar-refractivity contribution >= 4 is 63.7 Å². The smallest absolute Gasteiger partial charge is 0.241 e. The number of rotatable bonds is 7. The SMILES string of the molecule is COc1cccc([C@H]2C3=CC[C@@H]4C(=O)N(c5ccc(N=Nc6ccc(N(C)C)cc6)cc5)C(=O)[C@@H]4[C@@H]3C[C@H]3C(=O)N(c4ccc(F)c(Cl)c4)C(=O)[C@@]23C)c1O. The van der Waals surface area contributed by atoms with Crippen molar-refractivity contribution in [2.75, 3.05) is 35.9 Å². The van der Waals surface area contributed by atoms with E-state index >= 15 is 0 Å². The lowest BCUT2D eigenvalue weighted by atomic mass is 9.51.